The Hall–Kier alpha value is -3.67. The summed E-state index contributed by atoms with van der Waals surface area (Å²) in [5.74, 6) is 0.235. The van der Waals surface area contributed by atoms with Gasteiger partial charge >= 0.3 is 6.03 Å². The summed E-state index contributed by atoms with van der Waals surface area (Å²) in [4.78, 5) is 19.4. The van der Waals surface area contributed by atoms with Crippen molar-refractivity contribution in [2.24, 2.45) is 0 Å². The van der Waals surface area contributed by atoms with Crippen LogP contribution in [0.5, 0.6) is 0 Å². The highest BCUT2D eigenvalue weighted by Crippen LogP contribution is 2.35. The molecule has 1 fully saturated rings. The summed E-state index contributed by atoms with van der Waals surface area (Å²) < 4.78 is 20.2. The molecule has 1 saturated heterocycles. The van der Waals surface area contributed by atoms with Crippen molar-refractivity contribution in [3.05, 3.63) is 83.5 Å². The lowest BCUT2D eigenvalue weighted by Crippen LogP contribution is -2.34. The third-order valence-electron chi connectivity index (χ3n) is 6.15. The van der Waals surface area contributed by atoms with Gasteiger partial charge in [-0.25, -0.2) is 14.2 Å². The predicted octanol–water partition coefficient (Wildman–Crippen LogP) is 6.62. The number of likely N-dealkylation sites (tertiary alicyclic amines) is 1. The molecule has 0 bridgehead atoms. The summed E-state index contributed by atoms with van der Waals surface area (Å²) in [7, 11) is 0. The van der Waals surface area contributed by atoms with Gasteiger partial charge in [0.2, 0.25) is 5.89 Å². The molecule has 2 amide bonds. The van der Waals surface area contributed by atoms with E-state index in [9.17, 15) is 9.18 Å². The Labute approximate surface area is 185 Å². The van der Waals surface area contributed by atoms with Crippen molar-refractivity contribution in [3.63, 3.8) is 0 Å². The van der Waals surface area contributed by atoms with Crippen molar-refractivity contribution in [2.45, 2.75) is 32.7 Å². The normalized spacial score (nSPS) is 16.0. The van der Waals surface area contributed by atoms with Crippen LogP contribution < -0.4 is 5.32 Å². The van der Waals surface area contributed by atoms with Gasteiger partial charge in [-0.05, 0) is 73.7 Å². The second-order valence-corrected chi connectivity index (χ2v) is 8.30. The van der Waals surface area contributed by atoms with E-state index in [0.717, 1.165) is 29.7 Å². The number of rotatable bonds is 3. The molecule has 1 aliphatic rings. The van der Waals surface area contributed by atoms with E-state index in [1.807, 2.05) is 50.2 Å². The molecule has 162 valence electrons. The second kappa shape index (κ2) is 8.11. The minimum absolute atomic E-state index is 0.162. The van der Waals surface area contributed by atoms with Gasteiger partial charge in [0.15, 0.2) is 5.58 Å². The van der Waals surface area contributed by atoms with Crippen LogP contribution in [-0.4, -0.2) is 22.5 Å². The third kappa shape index (κ3) is 3.73. The molecular weight excluding hydrogens is 405 g/mol. The highest BCUT2D eigenvalue weighted by Gasteiger charge is 2.33. The quantitative estimate of drug-likeness (QED) is 0.398. The number of nitrogens with one attached hydrogen (secondary N) is 1. The van der Waals surface area contributed by atoms with Gasteiger partial charge in [-0.2, -0.15) is 0 Å². The zero-order valence-corrected chi connectivity index (χ0v) is 18.1. The van der Waals surface area contributed by atoms with Crippen molar-refractivity contribution in [3.8, 4) is 11.1 Å². The Kier molecular flexibility index (Phi) is 5.13. The minimum atomic E-state index is -0.277. The average molecular weight is 429 g/mol. The molecule has 5 nitrogen and oxygen atoms in total. The highest BCUT2D eigenvalue weighted by atomic mass is 19.1. The molecule has 1 atom stereocenters. The number of aryl methyl sites for hydroxylation is 2. The molecule has 4 aromatic rings. The first-order valence-electron chi connectivity index (χ1n) is 10.8. The van der Waals surface area contributed by atoms with Gasteiger partial charge in [0.1, 0.15) is 17.4 Å². The lowest BCUT2D eigenvalue weighted by molar-refractivity contribution is 0.199. The van der Waals surface area contributed by atoms with E-state index in [1.54, 1.807) is 23.1 Å². The first-order valence-corrected chi connectivity index (χ1v) is 10.8. The van der Waals surface area contributed by atoms with Crippen LogP contribution in [0.15, 0.2) is 65.1 Å². The molecular formula is C26H24FN3O2. The monoisotopic (exact) mass is 429 g/mol. The lowest BCUT2D eigenvalue weighted by atomic mass is 10.0. The van der Waals surface area contributed by atoms with E-state index in [4.69, 9.17) is 4.42 Å². The molecule has 1 N–H and O–H groups in total. The van der Waals surface area contributed by atoms with Crippen LogP contribution in [0.2, 0.25) is 0 Å². The smallest absolute Gasteiger partial charge is 0.322 e. The van der Waals surface area contributed by atoms with Crippen LogP contribution in [0, 0.1) is 19.7 Å². The first kappa shape index (κ1) is 20.2. The van der Waals surface area contributed by atoms with Crippen molar-refractivity contribution in [1.29, 1.82) is 0 Å². The summed E-state index contributed by atoms with van der Waals surface area (Å²) >= 11 is 0. The predicted molar refractivity (Wildman–Crippen MR) is 123 cm³/mol. The van der Waals surface area contributed by atoms with Crippen molar-refractivity contribution >= 4 is 22.8 Å². The van der Waals surface area contributed by atoms with Crippen molar-refractivity contribution in [2.75, 3.05) is 11.9 Å². The fourth-order valence-corrected chi connectivity index (χ4v) is 4.23. The summed E-state index contributed by atoms with van der Waals surface area (Å²) in [6.07, 6.45) is 1.66. The molecule has 1 aliphatic heterocycles. The molecule has 6 heteroatoms. The van der Waals surface area contributed by atoms with Gasteiger partial charge in [0.25, 0.3) is 0 Å². The van der Waals surface area contributed by atoms with E-state index >= 15 is 0 Å². The number of urea groups is 1. The van der Waals surface area contributed by atoms with E-state index in [-0.39, 0.29) is 17.9 Å². The molecule has 0 aliphatic carbocycles. The summed E-state index contributed by atoms with van der Waals surface area (Å²) in [6.45, 7) is 4.71. The fourth-order valence-electron chi connectivity index (χ4n) is 4.23. The summed E-state index contributed by atoms with van der Waals surface area (Å²) in [5.41, 5.74) is 5.63. The maximum Gasteiger partial charge on any atom is 0.322 e. The number of hydrogen-bond acceptors (Lipinski definition) is 3. The van der Waals surface area contributed by atoms with Crippen molar-refractivity contribution in [1.82, 2.24) is 9.88 Å². The number of nitrogens with zero attached hydrogens (tertiary/aromatic N) is 2. The van der Waals surface area contributed by atoms with Gasteiger partial charge in [0, 0.05) is 17.8 Å². The maximum absolute atomic E-state index is 14.2. The van der Waals surface area contributed by atoms with Crippen LogP contribution in [0.3, 0.4) is 0 Å². The van der Waals surface area contributed by atoms with Gasteiger partial charge in [-0.15, -0.1) is 0 Å². The second-order valence-electron chi connectivity index (χ2n) is 8.30. The average Bonchev–Trinajstić information content (AvgIpc) is 3.43. The topological polar surface area (TPSA) is 58.4 Å². The Morgan fingerprint density at radius 3 is 2.75 bits per heavy atom. The van der Waals surface area contributed by atoms with Gasteiger partial charge in [0.05, 0.1) is 0 Å². The van der Waals surface area contributed by atoms with Crippen LogP contribution in [0.4, 0.5) is 14.9 Å². The number of carbonyl (C=O) groups excluding carboxylic acids is 1. The number of benzene rings is 3. The summed E-state index contributed by atoms with van der Waals surface area (Å²) in [5, 5.41) is 3.00. The fraction of sp³-hybridized carbons (Fsp3) is 0.231. The molecule has 0 unspecified atom stereocenters. The number of halogens is 1. The zero-order chi connectivity index (χ0) is 22.2. The number of carbonyl (C=O) groups is 1. The third-order valence-corrected chi connectivity index (χ3v) is 6.15. The van der Waals surface area contributed by atoms with Crippen molar-refractivity contribution < 1.29 is 13.6 Å². The molecule has 0 saturated carbocycles. The van der Waals surface area contributed by atoms with Crippen LogP contribution in [0.1, 0.15) is 35.9 Å². The number of hydrogen-bond donors (Lipinski definition) is 1. The Balaban J connectivity index is 1.40. The Bertz CT molecular complexity index is 1310. The van der Waals surface area contributed by atoms with Gasteiger partial charge in [-0.3, -0.25) is 0 Å². The zero-order valence-electron chi connectivity index (χ0n) is 18.1. The van der Waals surface area contributed by atoms with E-state index in [2.05, 4.69) is 10.3 Å². The number of aromatic nitrogens is 1. The number of oxazole rings is 1. The molecule has 2 heterocycles. The Morgan fingerprint density at radius 1 is 1.09 bits per heavy atom. The van der Waals surface area contributed by atoms with Crippen LogP contribution in [0.25, 0.3) is 22.2 Å². The molecule has 0 radical (unpaired) electrons. The Morgan fingerprint density at radius 2 is 1.94 bits per heavy atom. The summed E-state index contributed by atoms with van der Waals surface area (Å²) in [6, 6.07) is 17.6. The van der Waals surface area contributed by atoms with Gasteiger partial charge < -0.3 is 14.6 Å². The number of amides is 2. The molecule has 5 rings (SSSR count). The standard InChI is InChI=1S/C26H24FN3O2/c1-16-9-11-19(14-17(16)2)28-26(31)30-13-5-8-23(30)25-29-22-15-18(10-12-24(22)32-25)20-6-3-4-7-21(20)27/h3-4,6-7,9-12,14-15,23H,5,8,13H2,1-2H3,(H,28,31)/t23-/m0/s1. The van der Waals surface area contributed by atoms with E-state index < -0.39 is 0 Å². The maximum atomic E-state index is 14.2. The minimum Gasteiger partial charge on any atom is -0.438 e. The largest absolute Gasteiger partial charge is 0.438 e. The van der Waals surface area contributed by atoms with Crippen LogP contribution in [-0.2, 0) is 0 Å². The number of anilines is 1. The van der Waals surface area contributed by atoms with Gasteiger partial charge in [-0.1, -0.05) is 30.3 Å². The first-order chi connectivity index (χ1) is 15.5. The van der Waals surface area contributed by atoms with Crippen LogP contribution >= 0.6 is 0 Å². The molecule has 3 aromatic carbocycles. The molecule has 32 heavy (non-hydrogen) atoms. The molecule has 0 spiro atoms. The SMILES string of the molecule is Cc1ccc(NC(=O)N2CCC[C@H]2c2nc3cc(-c4ccccc4F)ccc3o2)cc1C. The number of fused-ring (bicyclic) bond motifs is 1. The van der Waals surface area contributed by atoms with E-state index in [1.165, 1.54) is 11.6 Å². The highest BCUT2D eigenvalue weighted by molar-refractivity contribution is 5.90. The molecule has 1 aromatic heterocycles. The lowest BCUT2D eigenvalue weighted by Gasteiger charge is -2.22. The van der Waals surface area contributed by atoms with E-state index in [0.29, 0.717) is 29.1 Å².